The summed E-state index contributed by atoms with van der Waals surface area (Å²) in [5, 5.41) is 14.6. The van der Waals surface area contributed by atoms with Gasteiger partial charge in [0.05, 0.1) is 0 Å². The number of nitrogens with one attached hydrogen (secondary N) is 2. The Kier molecular flexibility index (Phi) is 6.96. The molecule has 0 heterocycles. The summed E-state index contributed by atoms with van der Waals surface area (Å²) in [6, 6.07) is 16.0. The smallest absolute Gasteiger partial charge is 0.407 e. The van der Waals surface area contributed by atoms with E-state index in [0.717, 1.165) is 11.1 Å². The quantitative estimate of drug-likeness (QED) is 0.534. The van der Waals surface area contributed by atoms with Crippen LogP contribution >= 0.6 is 0 Å². The number of fused-ring (bicyclic) bond motifs is 3. The minimum absolute atomic E-state index is 0.0103. The molecule has 3 N–H and O–H groups in total. The van der Waals surface area contributed by atoms with Gasteiger partial charge in [0, 0.05) is 30.8 Å². The Labute approximate surface area is 193 Å². The summed E-state index contributed by atoms with van der Waals surface area (Å²) in [5.41, 5.74) is 4.65. The van der Waals surface area contributed by atoms with Gasteiger partial charge in [-0.25, -0.2) is 4.79 Å². The number of carboxylic acid groups (broad SMARTS) is 1. The molecular formula is C26H30N2O5. The zero-order valence-corrected chi connectivity index (χ0v) is 18.8. The van der Waals surface area contributed by atoms with E-state index in [4.69, 9.17) is 9.84 Å². The number of carbonyl (C=O) groups is 3. The van der Waals surface area contributed by atoms with Gasteiger partial charge in [-0.2, -0.15) is 0 Å². The van der Waals surface area contributed by atoms with Crippen LogP contribution in [0.3, 0.4) is 0 Å². The van der Waals surface area contributed by atoms with E-state index in [-0.39, 0.29) is 49.3 Å². The summed E-state index contributed by atoms with van der Waals surface area (Å²) in [6.45, 7) is 2.14. The number of aliphatic carboxylic acids is 1. The molecular weight excluding hydrogens is 420 g/mol. The third-order valence-electron chi connectivity index (χ3n) is 6.65. The molecule has 1 saturated carbocycles. The topological polar surface area (TPSA) is 105 Å². The molecule has 4 rings (SSSR count). The Morgan fingerprint density at radius 2 is 1.64 bits per heavy atom. The zero-order chi connectivity index (χ0) is 23.4. The molecule has 2 aliphatic carbocycles. The van der Waals surface area contributed by atoms with Gasteiger partial charge in [-0.05, 0) is 47.4 Å². The lowest BCUT2D eigenvalue weighted by Gasteiger charge is -2.35. The molecule has 2 aromatic rings. The van der Waals surface area contributed by atoms with Gasteiger partial charge in [0.2, 0.25) is 5.91 Å². The third kappa shape index (κ3) is 5.35. The van der Waals surface area contributed by atoms with Crippen LogP contribution in [0.1, 0.15) is 56.1 Å². The third-order valence-corrected chi connectivity index (χ3v) is 6.65. The number of amides is 2. The van der Waals surface area contributed by atoms with E-state index in [1.165, 1.54) is 11.1 Å². The molecule has 7 heteroatoms. The van der Waals surface area contributed by atoms with Crippen molar-refractivity contribution in [3.63, 3.8) is 0 Å². The molecule has 0 saturated heterocycles. The summed E-state index contributed by atoms with van der Waals surface area (Å²) in [4.78, 5) is 35.6. The average Bonchev–Trinajstić information content (AvgIpc) is 3.09. The van der Waals surface area contributed by atoms with Crippen LogP contribution in [0.25, 0.3) is 11.1 Å². The number of alkyl carbamates (subject to hydrolysis) is 1. The largest absolute Gasteiger partial charge is 0.481 e. The van der Waals surface area contributed by atoms with E-state index < -0.39 is 12.1 Å². The predicted molar refractivity (Wildman–Crippen MR) is 124 cm³/mol. The van der Waals surface area contributed by atoms with Crippen LogP contribution in [0, 0.1) is 5.92 Å². The van der Waals surface area contributed by atoms with Crippen molar-refractivity contribution in [3.05, 3.63) is 59.7 Å². The summed E-state index contributed by atoms with van der Waals surface area (Å²) >= 11 is 0. The summed E-state index contributed by atoms with van der Waals surface area (Å²) in [6.07, 6.45) is 1.77. The Bertz CT molecular complexity index is 985. The van der Waals surface area contributed by atoms with Gasteiger partial charge in [0.1, 0.15) is 6.61 Å². The fourth-order valence-corrected chi connectivity index (χ4v) is 4.88. The predicted octanol–water partition coefficient (Wildman–Crippen LogP) is 4.06. The first kappa shape index (κ1) is 22.8. The molecule has 2 amide bonds. The van der Waals surface area contributed by atoms with Crippen molar-refractivity contribution in [3.8, 4) is 11.1 Å². The van der Waals surface area contributed by atoms with Gasteiger partial charge in [0.15, 0.2) is 0 Å². The normalized spacial score (nSPS) is 19.5. The first-order valence-corrected chi connectivity index (χ1v) is 11.6. The van der Waals surface area contributed by atoms with Crippen LogP contribution in [-0.4, -0.2) is 41.8 Å². The Hall–Kier alpha value is -3.35. The molecule has 0 radical (unpaired) electrons. The second-order valence-electron chi connectivity index (χ2n) is 8.98. The van der Waals surface area contributed by atoms with Crippen molar-refractivity contribution in [2.75, 3.05) is 6.61 Å². The fraction of sp³-hybridized carbons (Fsp3) is 0.423. The van der Waals surface area contributed by atoms with Crippen molar-refractivity contribution < 1.29 is 24.2 Å². The lowest BCUT2D eigenvalue weighted by Crippen LogP contribution is -2.47. The molecule has 0 spiro atoms. The second-order valence-corrected chi connectivity index (χ2v) is 8.98. The maximum absolute atomic E-state index is 12.5. The van der Waals surface area contributed by atoms with E-state index in [1.807, 2.05) is 31.2 Å². The number of rotatable bonds is 9. The van der Waals surface area contributed by atoms with Gasteiger partial charge in [0.25, 0.3) is 0 Å². The molecule has 0 aromatic heterocycles. The van der Waals surface area contributed by atoms with Crippen molar-refractivity contribution in [2.24, 2.45) is 5.92 Å². The second kappa shape index (κ2) is 10.1. The van der Waals surface area contributed by atoms with Crippen LogP contribution in [-0.2, 0) is 14.3 Å². The Morgan fingerprint density at radius 1 is 1.03 bits per heavy atom. The molecule has 0 unspecified atom stereocenters. The highest BCUT2D eigenvalue weighted by Gasteiger charge is 2.32. The molecule has 0 aliphatic heterocycles. The van der Waals surface area contributed by atoms with Gasteiger partial charge in [-0.1, -0.05) is 55.5 Å². The highest BCUT2D eigenvalue weighted by molar-refractivity contribution is 5.80. The number of carboxylic acids is 1. The lowest BCUT2D eigenvalue weighted by atomic mass is 9.78. The molecule has 7 nitrogen and oxygen atoms in total. The highest BCUT2D eigenvalue weighted by atomic mass is 16.5. The standard InChI is InChI=1S/C26H30N2O5/c1-2-17(14-24(29)27-18-11-16(12-18)13-25(30)31)28-26(32)33-15-23-21-9-5-3-7-19(21)20-8-4-6-10-22(20)23/h3-10,16-18,23H,2,11-15H2,1H3,(H,27,29)(H,28,32)(H,30,31)/t16?,17-,18?/m1/s1. The molecule has 1 fully saturated rings. The zero-order valence-electron chi connectivity index (χ0n) is 18.8. The lowest BCUT2D eigenvalue weighted by molar-refractivity contribution is -0.139. The van der Waals surface area contributed by atoms with E-state index in [1.54, 1.807) is 0 Å². The minimum atomic E-state index is -0.803. The molecule has 33 heavy (non-hydrogen) atoms. The van der Waals surface area contributed by atoms with E-state index in [2.05, 4.69) is 34.9 Å². The Balaban J connectivity index is 1.25. The molecule has 0 bridgehead atoms. The maximum Gasteiger partial charge on any atom is 0.407 e. The van der Waals surface area contributed by atoms with Gasteiger partial charge >= 0.3 is 12.1 Å². The van der Waals surface area contributed by atoms with E-state index in [0.29, 0.717) is 19.3 Å². The first-order valence-electron chi connectivity index (χ1n) is 11.6. The summed E-state index contributed by atoms with van der Waals surface area (Å²) < 4.78 is 5.58. The van der Waals surface area contributed by atoms with Crippen LogP contribution in [0.15, 0.2) is 48.5 Å². The number of carbonyl (C=O) groups excluding carboxylic acids is 2. The molecule has 1 atom stereocenters. The maximum atomic E-state index is 12.5. The summed E-state index contributed by atoms with van der Waals surface area (Å²) in [7, 11) is 0. The molecule has 2 aromatic carbocycles. The van der Waals surface area contributed by atoms with Crippen molar-refractivity contribution >= 4 is 18.0 Å². The van der Waals surface area contributed by atoms with Gasteiger partial charge in [-0.15, -0.1) is 0 Å². The number of hydrogen-bond donors (Lipinski definition) is 3. The Morgan fingerprint density at radius 3 is 2.21 bits per heavy atom. The van der Waals surface area contributed by atoms with Gasteiger partial charge in [-0.3, -0.25) is 9.59 Å². The van der Waals surface area contributed by atoms with Crippen LogP contribution in [0.5, 0.6) is 0 Å². The number of hydrogen-bond acceptors (Lipinski definition) is 4. The van der Waals surface area contributed by atoms with Crippen molar-refractivity contribution in [2.45, 2.75) is 57.0 Å². The minimum Gasteiger partial charge on any atom is -0.481 e. The monoisotopic (exact) mass is 450 g/mol. The summed E-state index contributed by atoms with van der Waals surface area (Å²) in [5.74, 6) is -0.819. The van der Waals surface area contributed by atoms with Crippen LogP contribution in [0.4, 0.5) is 4.79 Å². The SMILES string of the molecule is CC[C@H](CC(=O)NC1CC(CC(=O)O)C1)NC(=O)OCC1c2ccccc2-c2ccccc21. The fourth-order valence-electron chi connectivity index (χ4n) is 4.88. The number of benzene rings is 2. The van der Waals surface area contributed by atoms with Crippen molar-refractivity contribution in [1.82, 2.24) is 10.6 Å². The molecule has 2 aliphatic rings. The number of ether oxygens (including phenoxy) is 1. The highest BCUT2D eigenvalue weighted by Crippen LogP contribution is 2.44. The average molecular weight is 451 g/mol. The van der Waals surface area contributed by atoms with Crippen molar-refractivity contribution in [1.29, 1.82) is 0 Å². The van der Waals surface area contributed by atoms with Crippen LogP contribution in [0.2, 0.25) is 0 Å². The van der Waals surface area contributed by atoms with E-state index >= 15 is 0 Å². The molecule has 174 valence electrons. The first-order chi connectivity index (χ1) is 15.9. The van der Waals surface area contributed by atoms with Gasteiger partial charge < -0.3 is 20.5 Å². The van der Waals surface area contributed by atoms with Crippen LogP contribution < -0.4 is 10.6 Å². The van der Waals surface area contributed by atoms with E-state index in [9.17, 15) is 14.4 Å².